The van der Waals surface area contributed by atoms with Gasteiger partial charge in [-0.2, -0.15) is 5.26 Å². The first-order valence-corrected chi connectivity index (χ1v) is 11.1. The molecule has 0 radical (unpaired) electrons. The van der Waals surface area contributed by atoms with Gasteiger partial charge in [0.25, 0.3) is 5.91 Å². The molecular formula is C23H28BrN3O. The summed E-state index contributed by atoms with van der Waals surface area (Å²) in [6.45, 7) is 4.15. The molecule has 0 aromatic heterocycles. The number of nitriles is 1. The largest absolute Gasteiger partial charge is 0.360 e. The van der Waals surface area contributed by atoms with Crippen molar-refractivity contribution < 1.29 is 4.79 Å². The van der Waals surface area contributed by atoms with Crippen LogP contribution in [0.25, 0.3) is 0 Å². The van der Waals surface area contributed by atoms with E-state index in [4.69, 9.17) is 0 Å². The van der Waals surface area contributed by atoms with Crippen LogP contribution in [0.5, 0.6) is 0 Å². The van der Waals surface area contributed by atoms with Crippen LogP contribution in [0.1, 0.15) is 51.0 Å². The van der Waals surface area contributed by atoms with E-state index in [0.29, 0.717) is 0 Å². The number of nitrogens with zero attached hydrogens (tertiary/aromatic N) is 1. The van der Waals surface area contributed by atoms with Crippen LogP contribution >= 0.6 is 15.9 Å². The maximum Gasteiger partial charge on any atom is 0.263 e. The van der Waals surface area contributed by atoms with Crippen LogP contribution in [0.15, 0.2) is 34.4 Å². The van der Waals surface area contributed by atoms with E-state index in [2.05, 4.69) is 39.6 Å². The third-order valence-electron chi connectivity index (χ3n) is 7.26. The van der Waals surface area contributed by atoms with Crippen LogP contribution in [0.4, 0.5) is 5.69 Å². The van der Waals surface area contributed by atoms with Crippen LogP contribution in [0.2, 0.25) is 0 Å². The van der Waals surface area contributed by atoms with E-state index < -0.39 is 0 Å². The average Bonchev–Trinajstić information content (AvgIpc) is 2.64. The molecular weight excluding hydrogens is 414 g/mol. The fourth-order valence-corrected chi connectivity index (χ4v) is 6.42. The van der Waals surface area contributed by atoms with Crippen LogP contribution in [-0.2, 0) is 4.79 Å². The lowest BCUT2D eigenvalue weighted by atomic mass is 9.48. The summed E-state index contributed by atoms with van der Waals surface area (Å²) in [6, 6.07) is 8.01. The number of aryl methyl sites for hydroxylation is 1. The summed E-state index contributed by atoms with van der Waals surface area (Å²) in [5.41, 5.74) is 2.31. The number of anilines is 1. The van der Waals surface area contributed by atoms with Gasteiger partial charge in [-0.1, -0.05) is 15.9 Å². The molecule has 1 unspecified atom stereocenters. The van der Waals surface area contributed by atoms with Gasteiger partial charge >= 0.3 is 0 Å². The minimum absolute atomic E-state index is 0.111. The van der Waals surface area contributed by atoms with E-state index in [-0.39, 0.29) is 22.9 Å². The molecule has 148 valence electrons. The average molecular weight is 442 g/mol. The summed E-state index contributed by atoms with van der Waals surface area (Å²) in [7, 11) is 0. The van der Waals surface area contributed by atoms with Gasteiger partial charge in [0.1, 0.15) is 11.6 Å². The topological polar surface area (TPSA) is 64.9 Å². The lowest BCUT2D eigenvalue weighted by molar-refractivity contribution is -0.122. The predicted molar refractivity (Wildman–Crippen MR) is 114 cm³/mol. The molecule has 1 atom stereocenters. The van der Waals surface area contributed by atoms with Crippen molar-refractivity contribution in [1.82, 2.24) is 5.32 Å². The number of carbonyl (C=O) groups is 1. The fourth-order valence-electron chi connectivity index (χ4n) is 6.17. The second-order valence-electron chi connectivity index (χ2n) is 9.25. The number of hydrogen-bond acceptors (Lipinski definition) is 3. The second kappa shape index (κ2) is 7.55. The van der Waals surface area contributed by atoms with E-state index in [1.54, 1.807) is 0 Å². The van der Waals surface area contributed by atoms with Crippen molar-refractivity contribution >= 4 is 27.5 Å². The Morgan fingerprint density at radius 1 is 1.25 bits per heavy atom. The minimum atomic E-state index is -0.271. The minimum Gasteiger partial charge on any atom is -0.360 e. The Hall–Kier alpha value is -1.80. The van der Waals surface area contributed by atoms with E-state index in [9.17, 15) is 10.1 Å². The number of nitrogens with one attached hydrogen (secondary N) is 2. The van der Waals surface area contributed by atoms with Crippen LogP contribution in [0, 0.1) is 41.4 Å². The maximum absolute atomic E-state index is 12.8. The Kier molecular flexibility index (Phi) is 5.26. The smallest absolute Gasteiger partial charge is 0.263 e. The molecule has 0 heterocycles. The molecule has 1 aromatic carbocycles. The van der Waals surface area contributed by atoms with Gasteiger partial charge in [-0.3, -0.25) is 4.79 Å². The normalized spacial score (nSPS) is 31.9. The zero-order chi connectivity index (χ0) is 19.9. The molecule has 4 aliphatic rings. The SMILES string of the molecule is Cc1cc(N/C=C(/C#N)C(=O)NC(C)C23CC4CC(CC(C4)C2)C3)ccc1Br. The standard InChI is InChI=1S/C23H28BrN3O/c1-14-5-20(3-4-21(14)24)26-13-19(12-25)22(28)27-15(2)23-9-16-6-17(10-23)8-18(7-16)11-23/h3-5,13,15-18,26H,6-11H2,1-2H3,(H,27,28)/b19-13-. The number of hydrogen-bond donors (Lipinski definition) is 2. The van der Waals surface area contributed by atoms with Gasteiger partial charge in [0.2, 0.25) is 0 Å². The molecule has 5 rings (SSSR count). The summed E-state index contributed by atoms with van der Waals surface area (Å²) in [5.74, 6) is 2.27. The van der Waals surface area contributed by atoms with Crippen molar-refractivity contribution in [2.75, 3.05) is 5.32 Å². The highest BCUT2D eigenvalue weighted by atomic mass is 79.9. The van der Waals surface area contributed by atoms with Crippen molar-refractivity contribution in [3.8, 4) is 6.07 Å². The summed E-state index contributed by atoms with van der Waals surface area (Å²) in [5, 5.41) is 15.7. The lowest BCUT2D eigenvalue weighted by Gasteiger charge is -2.59. The molecule has 1 amide bonds. The highest BCUT2D eigenvalue weighted by Gasteiger charge is 2.53. The van der Waals surface area contributed by atoms with Gasteiger partial charge in [-0.05, 0) is 99.3 Å². The van der Waals surface area contributed by atoms with Crippen molar-refractivity contribution in [2.45, 2.75) is 58.4 Å². The molecule has 4 fully saturated rings. The Morgan fingerprint density at radius 3 is 2.39 bits per heavy atom. The molecule has 4 saturated carbocycles. The van der Waals surface area contributed by atoms with Gasteiger partial charge < -0.3 is 10.6 Å². The number of rotatable bonds is 5. The zero-order valence-corrected chi connectivity index (χ0v) is 18.2. The van der Waals surface area contributed by atoms with Gasteiger partial charge in [0.15, 0.2) is 0 Å². The summed E-state index contributed by atoms with van der Waals surface area (Å²) in [4.78, 5) is 12.8. The number of benzene rings is 1. The Balaban J connectivity index is 1.43. The number of halogens is 1. The molecule has 0 aliphatic heterocycles. The molecule has 4 nitrogen and oxygen atoms in total. The van der Waals surface area contributed by atoms with E-state index in [1.807, 2.05) is 25.1 Å². The Morgan fingerprint density at radius 2 is 1.86 bits per heavy atom. The van der Waals surface area contributed by atoms with Crippen LogP contribution in [0.3, 0.4) is 0 Å². The highest BCUT2D eigenvalue weighted by molar-refractivity contribution is 9.10. The Bertz CT molecular complexity index is 819. The quantitative estimate of drug-likeness (QED) is 0.481. The predicted octanol–water partition coefficient (Wildman–Crippen LogP) is 5.30. The fraction of sp³-hybridized carbons (Fsp3) is 0.565. The molecule has 4 aliphatic carbocycles. The van der Waals surface area contributed by atoms with Gasteiger partial charge in [-0.15, -0.1) is 0 Å². The van der Waals surface area contributed by atoms with Gasteiger partial charge in [0, 0.05) is 22.4 Å². The third-order valence-corrected chi connectivity index (χ3v) is 8.15. The first-order valence-electron chi connectivity index (χ1n) is 10.3. The molecule has 0 saturated heterocycles. The molecule has 0 spiro atoms. The van der Waals surface area contributed by atoms with Crippen molar-refractivity contribution in [1.29, 1.82) is 5.26 Å². The monoisotopic (exact) mass is 441 g/mol. The molecule has 1 aromatic rings. The third kappa shape index (κ3) is 3.72. The molecule has 4 bridgehead atoms. The van der Waals surface area contributed by atoms with Crippen molar-refractivity contribution in [2.24, 2.45) is 23.2 Å². The number of carbonyl (C=O) groups excluding carboxylic acids is 1. The van der Waals surface area contributed by atoms with Gasteiger partial charge in [0.05, 0.1) is 0 Å². The second-order valence-corrected chi connectivity index (χ2v) is 10.1. The first kappa shape index (κ1) is 19.5. The summed E-state index contributed by atoms with van der Waals surface area (Å²) >= 11 is 3.48. The van der Waals surface area contributed by atoms with Crippen LogP contribution < -0.4 is 10.6 Å². The van der Waals surface area contributed by atoms with E-state index in [1.165, 1.54) is 44.7 Å². The summed E-state index contributed by atoms with van der Waals surface area (Å²) < 4.78 is 1.03. The maximum atomic E-state index is 12.8. The summed E-state index contributed by atoms with van der Waals surface area (Å²) in [6.07, 6.45) is 9.40. The van der Waals surface area contributed by atoms with Crippen LogP contribution in [-0.4, -0.2) is 11.9 Å². The zero-order valence-electron chi connectivity index (χ0n) is 16.6. The molecule has 2 N–H and O–H groups in total. The van der Waals surface area contributed by atoms with E-state index >= 15 is 0 Å². The molecule has 5 heteroatoms. The number of amides is 1. The van der Waals surface area contributed by atoms with Crippen molar-refractivity contribution in [3.63, 3.8) is 0 Å². The lowest BCUT2D eigenvalue weighted by Crippen LogP contribution is -2.56. The first-order chi connectivity index (χ1) is 13.4. The Labute approximate surface area is 175 Å². The van der Waals surface area contributed by atoms with Crippen molar-refractivity contribution in [3.05, 3.63) is 40.0 Å². The van der Waals surface area contributed by atoms with E-state index in [0.717, 1.165) is 33.5 Å². The molecule has 28 heavy (non-hydrogen) atoms. The van der Waals surface area contributed by atoms with Gasteiger partial charge in [-0.25, -0.2) is 0 Å². The highest BCUT2D eigenvalue weighted by Crippen LogP contribution is 2.61.